The number of nitrogens with zero attached hydrogens (tertiary/aromatic N) is 2. The van der Waals surface area contributed by atoms with Gasteiger partial charge in [-0.1, -0.05) is 23.9 Å². The predicted molar refractivity (Wildman–Crippen MR) is 132 cm³/mol. The number of nitrogens with one attached hydrogen (secondary N) is 1. The fourth-order valence-corrected chi connectivity index (χ4v) is 6.04. The summed E-state index contributed by atoms with van der Waals surface area (Å²) in [7, 11) is 1.12. The summed E-state index contributed by atoms with van der Waals surface area (Å²) in [5.41, 5.74) is 3.10. The van der Waals surface area contributed by atoms with Crippen LogP contribution in [0.15, 0.2) is 74.1 Å². The summed E-state index contributed by atoms with van der Waals surface area (Å²) in [6.45, 7) is 3.63. The molecule has 7 nitrogen and oxygen atoms in total. The minimum absolute atomic E-state index is 0.181. The van der Waals surface area contributed by atoms with Crippen molar-refractivity contribution < 1.29 is 13.2 Å². The van der Waals surface area contributed by atoms with E-state index in [2.05, 4.69) is 4.72 Å². The lowest BCUT2D eigenvalue weighted by atomic mass is 10.2. The molecular weight excluding hydrogens is 458 g/mol. The normalized spacial score (nSPS) is 11.7. The molecule has 4 aromatic rings. The molecule has 0 fully saturated rings. The standard InChI is InChI=1S/C24H25N3O4S2/c1-15-6-7-16(2)23(12-15)33(29,30)25-19-13-20-21(27(4)24(28)26(20)3)14-22(19)32-18-10-8-17(31-5)9-11-18/h6-14,25H,1-5H3. The first-order valence-corrected chi connectivity index (χ1v) is 12.5. The molecule has 1 heterocycles. The molecule has 0 amide bonds. The van der Waals surface area contributed by atoms with Gasteiger partial charge in [0, 0.05) is 23.9 Å². The number of hydrogen-bond donors (Lipinski definition) is 1. The Morgan fingerprint density at radius 2 is 1.55 bits per heavy atom. The number of fused-ring (bicyclic) bond motifs is 1. The molecule has 0 unspecified atom stereocenters. The number of aromatic nitrogens is 2. The van der Waals surface area contributed by atoms with E-state index in [1.54, 1.807) is 50.9 Å². The van der Waals surface area contributed by atoms with E-state index in [1.165, 1.54) is 16.3 Å². The molecular formula is C24H25N3O4S2. The fraction of sp³-hybridized carbons (Fsp3) is 0.208. The summed E-state index contributed by atoms with van der Waals surface area (Å²) in [6.07, 6.45) is 0. The van der Waals surface area contributed by atoms with Crippen molar-refractivity contribution in [1.29, 1.82) is 0 Å². The quantitative estimate of drug-likeness (QED) is 0.438. The van der Waals surface area contributed by atoms with Gasteiger partial charge in [0.1, 0.15) is 5.75 Å². The van der Waals surface area contributed by atoms with Gasteiger partial charge in [0.2, 0.25) is 0 Å². The van der Waals surface area contributed by atoms with E-state index in [9.17, 15) is 13.2 Å². The highest BCUT2D eigenvalue weighted by Gasteiger charge is 2.21. The van der Waals surface area contributed by atoms with Crippen molar-refractivity contribution in [1.82, 2.24) is 9.13 Å². The maximum Gasteiger partial charge on any atom is 0.328 e. The molecule has 0 spiro atoms. The molecule has 1 N–H and O–H groups in total. The zero-order valence-electron chi connectivity index (χ0n) is 19.0. The number of anilines is 1. The molecule has 0 aliphatic rings. The van der Waals surface area contributed by atoms with Crippen LogP contribution in [0.4, 0.5) is 5.69 Å². The van der Waals surface area contributed by atoms with Gasteiger partial charge in [0.05, 0.1) is 28.7 Å². The Morgan fingerprint density at radius 3 is 2.18 bits per heavy atom. The number of ether oxygens (including phenoxy) is 1. The van der Waals surface area contributed by atoms with Gasteiger partial charge in [-0.2, -0.15) is 0 Å². The second-order valence-corrected chi connectivity index (χ2v) is 10.7. The van der Waals surface area contributed by atoms with E-state index in [0.717, 1.165) is 16.2 Å². The van der Waals surface area contributed by atoms with Crippen molar-refractivity contribution in [2.24, 2.45) is 14.1 Å². The van der Waals surface area contributed by atoms with Gasteiger partial charge >= 0.3 is 5.69 Å². The third-order valence-electron chi connectivity index (χ3n) is 5.54. The summed E-state index contributed by atoms with van der Waals surface area (Å²) in [5.74, 6) is 0.733. The molecule has 0 saturated carbocycles. The van der Waals surface area contributed by atoms with E-state index < -0.39 is 10.0 Å². The van der Waals surface area contributed by atoms with E-state index in [-0.39, 0.29) is 10.6 Å². The van der Waals surface area contributed by atoms with Gasteiger partial charge < -0.3 is 4.74 Å². The molecule has 0 saturated heterocycles. The van der Waals surface area contributed by atoms with Gasteiger partial charge in [-0.25, -0.2) is 13.2 Å². The third kappa shape index (κ3) is 4.38. The van der Waals surface area contributed by atoms with Crippen LogP contribution in [0.1, 0.15) is 11.1 Å². The Balaban J connectivity index is 1.85. The van der Waals surface area contributed by atoms with Crippen molar-refractivity contribution in [2.75, 3.05) is 11.8 Å². The molecule has 0 bridgehead atoms. The first-order valence-electron chi connectivity index (χ1n) is 10.2. The van der Waals surface area contributed by atoms with Crippen LogP contribution >= 0.6 is 11.8 Å². The summed E-state index contributed by atoms with van der Waals surface area (Å²) < 4.78 is 37.7. The van der Waals surface area contributed by atoms with Crippen LogP contribution in [0.2, 0.25) is 0 Å². The molecule has 0 aliphatic heterocycles. The zero-order chi connectivity index (χ0) is 23.9. The Bertz CT molecular complexity index is 1520. The van der Waals surface area contributed by atoms with Gasteiger partial charge in [0.25, 0.3) is 10.0 Å². The first kappa shape index (κ1) is 23.0. The topological polar surface area (TPSA) is 82.3 Å². The van der Waals surface area contributed by atoms with E-state index >= 15 is 0 Å². The Morgan fingerprint density at radius 1 is 0.909 bits per heavy atom. The van der Waals surface area contributed by atoms with Gasteiger partial charge in [-0.05, 0) is 67.4 Å². The first-order chi connectivity index (χ1) is 15.6. The molecule has 4 rings (SSSR count). The molecule has 9 heteroatoms. The fourth-order valence-electron chi connectivity index (χ4n) is 3.66. The molecule has 172 valence electrons. The Labute approximate surface area is 197 Å². The van der Waals surface area contributed by atoms with E-state index in [0.29, 0.717) is 27.2 Å². The lowest BCUT2D eigenvalue weighted by Gasteiger charge is -2.15. The van der Waals surface area contributed by atoms with Crippen LogP contribution in [-0.2, 0) is 24.1 Å². The summed E-state index contributed by atoms with van der Waals surface area (Å²) >= 11 is 1.41. The van der Waals surface area contributed by atoms with Gasteiger partial charge in [-0.15, -0.1) is 0 Å². The number of imidazole rings is 1. The Kier molecular flexibility index (Phi) is 6.02. The molecule has 0 aliphatic carbocycles. The van der Waals surface area contributed by atoms with Crippen molar-refractivity contribution in [3.05, 3.63) is 76.2 Å². The minimum Gasteiger partial charge on any atom is -0.497 e. The van der Waals surface area contributed by atoms with Crippen molar-refractivity contribution in [3.63, 3.8) is 0 Å². The van der Waals surface area contributed by atoms with E-state index in [4.69, 9.17) is 4.74 Å². The summed E-state index contributed by atoms with van der Waals surface area (Å²) in [4.78, 5) is 14.3. The largest absolute Gasteiger partial charge is 0.497 e. The highest BCUT2D eigenvalue weighted by Crippen LogP contribution is 2.38. The van der Waals surface area contributed by atoms with Crippen molar-refractivity contribution >= 4 is 38.5 Å². The number of aryl methyl sites for hydroxylation is 4. The number of methoxy groups -OCH3 is 1. The van der Waals surface area contributed by atoms with Crippen LogP contribution in [-0.4, -0.2) is 24.7 Å². The number of hydrogen-bond acceptors (Lipinski definition) is 5. The maximum absolute atomic E-state index is 13.3. The summed E-state index contributed by atoms with van der Waals surface area (Å²) in [5, 5.41) is 0. The number of benzene rings is 3. The highest BCUT2D eigenvalue weighted by atomic mass is 32.2. The lowest BCUT2D eigenvalue weighted by Crippen LogP contribution is -2.19. The molecule has 33 heavy (non-hydrogen) atoms. The third-order valence-corrected chi connectivity index (χ3v) is 8.11. The second-order valence-electron chi connectivity index (χ2n) is 7.89. The number of sulfonamides is 1. The molecule has 0 radical (unpaired) electrons. The van der Waals surface area contributed by atoms with Gasteiger partial charge in [-0.3, -0.25) is 13.9 Å². The lowest BCUT2D eigenvalue weighted by molar-refractivity contribution is 0.414. The molecule has 1 aromatic heterocycles. The summed E-state index contributed by atoms with van der Waals surface area (Å²) in [6, 6.07) is 16.4. The number of rotatable bonds is 6. The van der Waals surface area contributed by atoms with Crippen LogP contribution in [0.25, 0.3) is 11.0 Å². The average Bonchev–Trinajstić information content (AvgIpc) is 2.99. The Hall–Kier alpha value is -3.17. The maximum atomic E-state index is 13.3. The molecule has 0 atom stereocenters. The predicted octanol–water partition coefficient (Wildman–Crippen LogP) is 4.45. The van der Waals surface area contributed by atoms with Crippen LogP contribution < -0.4 is 15.1 Å². The van der Waals surface area contributed by atoms with Crippen molar-refractivity contribution in [2.45, 2.75) is 28.5 Å². The molecule has 3 aromatic carbocycles. The van der Waals surface area contributed by atoms with Crippen LogP contribution in [0, 0.1) is 13.8 Å². The second kappa shape index (κ2) is 8.64. The van der Waals surface area contributed by atoms with Crippen molar-refractivity contribution in [3.8, 4) is 5.75 Å². The minimum atomic E-state index is -3.85. The van der Waals surface area contributed by atoms with Gasteiger partial charge in [0.15, 0.2) is 0 Å². The van der Waals surface area contributed by atoms with E-state index in [1.807, 2.05) is 43.3 Å². The van der Waals surface area contributed by atoms with Crippen LogP contribution in [0.5, 0.6) is 5.75 Å². The SMILES string of the molecule is COc1ccc(Sc2cc3c(cc2NS(=O)(=O)c2cc(C)ccc2C)n(C)c(=O)n3C)cc1. The van der Waals surface area contributed by atoms with Crippen LogP contribution in [0.3, 0.4) is 0 Å². The average molecular weight is 484 g/mol. The smallest absolute Gasteiger partial charge is 0.328 e. The monoisotopic (exact) mass is 483 g/mol. The highest BCUT2D eigenvalue weighted by molar-refractivity contribution is 7.99. The zero-order valence-corrected chi connectivity index (χ0v) is 20.7.